The third-order valence-corrected chi connectivity index (χ3v) is 5.84. The molecule has 0 saturated heterocycles. The number of nitrogens with one attached hydrogen (secondary N) is 1. The summed E-state index contributed by atoms with van der Waals surface area (Å²) in [5.74, 6) is -0.00361. The maximum Gasteiger partial charge on any atom is 0.251 e. The van der Waals surface area contributed by atoms with Crippen molar-refractivity contribution in [2.24, 2.45) is 5.92 Å². The summed E-state index contributed by atoms with van der Waals surface area (Å²) in [5.41, 5.74) is 1.47. The highest BCUT2D eigenvalue weighted by Gasteiger charge is 2.20. The molecule has 2 aromatic rings. The molecule has 6 heteroatoms. The summed E-state index contributed by atoms with van der Waals surface area (Å²) in [6.07, 6.45) is 0. The van der Waals surface area contributed by atoms with Gasteiger partial charge >= 0.3 is 0 Å². The predicted molar refractivity (Wildman–Crippen MR) is 98.8 cm³/mol. The van der Waals surface area contributed by atoms with Crippen LogP contribution in [-0.2, 0) is 10.0 Å². The summed E-state index contributed by atoms with van der Waals surface area (Å²) in [4.78, 5) is 12.7. The fourth-order valence-corrected chi connectivity index (χ4v) is 3.41. The lowest BCUT2D eigenvalue weighted by atomic mass is 9.95. The fraction of sp³-hybridized carbons (Fsp3) is 0.316. The van der Waals surface area contributed by atoms with Gasteiger partial charge in [0.25, 0.3) is 5.91 Å². The summed E-state index contributed by atoms with van der Waals surface area (Å²) in [6.45, 7) is 4.09. The van der Waals surface area contributed by atoms with Gasteiger partial charge in [-0.2, -0.15) is 0 Å². The van der Waals surface area contributed by atoms with Crippen LogP contribution in [-0.4, -0.2) is 32.7 Å². The third-order valence-electron chi connectivity index (χ3n) is 4.01. The van der Waals surface area contributed by atoms with E-state index >= 15 is 0 Å². The van der Waals surface area contributed by atoms with Crippen molar-refractivity contribution < 1.29 is 13.2 Å². The van der Waals surface area contributed by atoms with E-state index in [4.69, 9.17) is 0 Å². The van der Waals surface area contributed by atoms with Crippen LogP contribution >= 0.6 is 0 Å². The molecular formula is C19H24N2O3S. The van der Waals surface area contributed by atoms with Gasteiger partial charge in [-0.05, 0) is 35.7 Å². The third kappa shape index (κ3) is 4.46. The molecule has 0 saturated carbocycles. The monoisotopic (exact) mass is 360 g/mol. The highest BCUT2D eigenvalue weighted by molar-refractivity contribution is 7.89. The van der Waals surface area contributed by atoms with E-state index in [1.54, 1.807) is 0 Å². The lowest BCUT2D eigenvalue weighted by molar-refractivity contribution is 0.0925. The van der Waals surface area contributed by atoms with Crippen molar-refractivity contribution in [1.29, 1.82) is 0 Å². The zero-order valence-corrected chi connectivity index (χ0v) is 15.7. The van der Waals surface area contributed by atoms with E-state index in [1.165, 1.54) is 38.4 Å². The first kappa shape index (κ1) is 19.1. The number of sulfonamides is 1. The smallest absolute Gasteiger partial charge is 0.251 e. The fourth-order valence-electron chi connectivity index (χ4n) is 2.51. The van der Waals surface area contributed by atoms with Gasteiger partial charge in [-0.25, -0.2) is 12.7 Å². The van der Waals surface area contributed by atoms with Crippen LogP contribution in [0.15, 0.2) is 59.5 Å². The van der Waals surface area contributed by atoms with Gasteiger partial charge in [0.15, 0.2) is 0 Å². The molecule has 2 aromatic carbocycles. The second-order valence-corrected chi connectivity index (χ2v) is 8.57. The van der Waals surface area contributed by atoms with E-state index in [0.29, 0.717) is 5.56 Å². The molecular weight excluding hydrogens is 336 g/mol. The highest BCUT2D eigenvalue weighted by Crippen LogP contribution is 2.22. The van der Waals surface area contributed by atoms with Gasteiger partial charge in [0, 0.05) is 19.7 Å². The minimum atomic E-state index is -3.50. The van der Waals surface area contributed by atoms with Crippen LogP contribution in [0.4, 0.5) is 0 Å². The van der Waals surface area contributed by atoms with Crippen LogP contribution in [0.2, 0.25) is 0 Å². The van der Waals surface area contributed by atoms with Crippen molar-refractivity contribution in [2.45, 2.75) is 24.8 Å². The summed E-state index contributed by atoms with van der Waals surface area (Å²) in [6, 6.07) is 15.7. The Kier molecular flexibility index (Phi) is 5.98. The number of nitrogens with zero attached hydrogens (tertiary/aromatic N) is 1. The molecule has 0 fully saturated rings. The van der Waals surface area contributed by atoms with E-state index in [0.717, 1.165) is 9.87 Å². The first-order chi connectivity index (χ1) is 11.7. The van der Waals surface area contributed by atoms with Gasteiger partial charge in [0.05, 0.1) is 10.9 Å². The van der Waals surface area contributed by atoms with E-state index in [-0.39, 0.29) is 22.8 Å². The van der Waals surface area contributed by atoms with E-state index < -0.39 is 10.0 Å². The standard InChI is InChI=1S/C19H24N2O3S/c1-14(2)18(15-8-6-5-7-9-15)20-19(22)16-10-12-17(13-11-16)25(23,24)21(3)4/h5-14,18H,1-4H3,(H,20,22). The van der Waals surface area contributed by atoms with E-state index in [2.05, 4.69) is 5.32 Å². The maximum absolute atomic E-state index is 12.6. The van der Waals surface area contributed by atoms with Crippen LogP contribution in [0.25, 0.3) is 0 Å². The Hall–Kier alpha value is -2.18. The Bertz CT molecular complexity index is 814. The number of hydrogen-bond acceptors (Lipinski definition) is 3. The summed E-state index contributed by atoms with van der Waals surface area (Å²) in [5, 5.41) is 3.03. The zero-order chi connectivity index (χ0) is 18.6. The summed E-state index contributed by atoms with van der Waals surface area (Å²) in [7, 11) is -0.547. The molecule has 0 aliphatic heterocycles. The van der Waals surface area contributed by atoms with Crippen molar-refractivity contribution in [2.75, 3.05) is 14.1 Å². The Labute approximate surface area is 149 Å². The average molecular weight is 360 g/mol. The largest absolute Gasteiger partial charge is 0.345 e. The molecule has 1 atom stereocenters. The summed E-state index contributed by atoms with van der Waals surface area (Å²) < 4.78 is 25.3. The zero-order valence-electron chi connectivity index (χ0n) is 14.9. The molecule has 5 nitrogen and oxygen atoms in total. The van der Waals surface area contributed by atoms with Gasteiger partial charge in [0.1, 0.15) is 0 Å². The number of benzene rings is 2. The Morgan fingerprint density at radius 2 is 1.52 bits per heavy atom. The molecule has 0 aliphatic carbocycles. The van der Waals surface area contributed by atoms with Gasteiger partial charge in [-0.15, -0.1) is 0 Å². The molecule has 0 radical (unpaired) electrons. The Morgan fingerprint density at radius 1 is 0.960 bits per heavy atom. The first-order valence-corrected chi connectivity index (χ1v) is 9.56. The number of carbonyl (C=O) groups is 1. The van der Waals surface area contributed by atoms with Crippen molar-refractivity contribution in [3.05, 3.63) is 65.7 Å². The quantitative estimate of drug-likeness (QED) is 0.861. The lowest BCUT2D eigenvalue weighted by Crippen LogP contribution is -2.31. The van der Waals surface area contributed by atoms with Gasteiger partial charge in [-0.3, -0.25) is 4.79 Å². The van der Waals surface area contributed by atoms with Crippen LogP contribution in [0.1, 0.15) is 35.8 Å². The lowest BCUT2D eigenvalue weighted by Gasteiger charge is -2.23. The second kappa shape index (κ2) is 7.80. The number of rotatable bonds is 6. The average Bonchev–Trinajstić information content (AvgIpc) is 2.59. The number of amides is 1. The van der Waals surface area contributed by atoms with E-state index in [1.807, 2.05) is 44.2 Å². The molecule has 1 amide bonds. The van der Waals surface area contributed by atoms with Crippen LogP contribution in [0.5, 0.6) is 0 Å². The second-order valence-electron chi connectivity index (χ2n) is 6.42. The van der Waals surface area contributed by atoms with Crippen molar-refractivity contribution in [3.8, 4) is 0 Å². The SMILES string of the molecule is CC(C)C(NC(=O)c1ccc(S(=O)(=O)N(C)C)cc1)c1ccccc1. The van der Waals surface area contributed by atoms with Crippen molar-refractivity contribution in [3.63, 3.8) is 0 Å². The predicted octanol–water partition coefficient (Wildman–Crippen LogP) is 3.06. The van der Waals surface area contributed by atoms with Crippen LogP contribution in [0.3, 0.4) is 0 Å². The molecule has 1 N–H and O–H groups in total. The minimum absolute atomic E-state index is 0.112. The minimum Gasteiger partial charge on any atom is -0.345 e. The highest BCUT2D eigenvalue weighted by atomic mass is 32.2. The molecule has 1 unspecified atom stereocenters. The molecule has 0 aliphatic rings. The van der Waals surface area contributed by atoms with Crippen molar-refractivity contribution >= 4 is 15.9 Å². The van der Waals surface area contributed by atoms with Crippen molar-refractivity contribution in [1.82, 2.24) is 9.62 Å². The molecule has 0 heterocycles. The Balaban J connectivity index is 2.20. The number of carbonyl (C=O) groups excluding carboxylic acids is 1. The number of hydrogen-bond donors (Lipinski definition) is 1. The molecule has 25 heavy (non-hydrogen) atoms. The van der Waals surface area contributed by atoms with Crippen LogP contribution < -0.4 is 5.32 Å². The molecule has 0 aromatic heterocycles. The van der Waals surface area contributed by atoms with Gasteiger partial charge < -0.3 is 5.32 Å². The molecule has 0 spiro atoms. The van der Waals surface area contributed by atoms with Crippen LogP contribution in [0, 0.1) is 5.92 Å². The topological polar surface area (TPSA) is 66.5 Å². The Morgan fingerprint density at radius 3 is 2.00 bits per heavy atom. The van der Waals surface area contributed by atoms with Gasteiger partial charge in [-0.1, -0.05) is 44.2 Å². The molecule has 0 bridgehead atoms. The molecule has 134 valence electrons. The van der Waals surface area contributed by atoms with E-state index in [9.17, 15) is 13.2 Å². The summed E-state index contributed by atoms with van der Waals surface area (Å²) >= 11 is 0. The van der Waals surface area contributed by atoms with Gasteiger partial charge in [0.2, 0.25) is 10.0 Å². The molecule has 2 rings (SSSR count). The normalized spacial score (nSPS) is 13.0. The maximum atomic E-state index is 12.6. The first-order valence-electron chi connectivity index (χ1n) is 8.12.